The molecule has 1 atom stereocenters. The van der Waals surface area contributed by atoms with Crippen molar-refractivity contribution in [3.63, 3.8) is 0 Å². The van der Waals surface area contributed by atoms with Crippen LogP contribution in [0.1, 0.15) is 22.3 Å². The predicted octanol–water partition coefficient (Wildman–Crippen LogP) is 1.56. The second-order valence-corrected chi connectivity index (χ2v) is 3.17. The number of carbonyl (C=O) groups is 1. The first-order valence-corrected chi connectivity index (χ1v) is 4.17. The number of fused-ring (bicyclic) bond motifs is 1. The summed E-state index contributed by atoms with van der Waals surface area (Å²) in [7, 11) is 0. The van der Waals surface area contributed by atoms with Crippen LogP contribution in [0.15, 0.2) is 24.3 Å². The first-order valence-electron chi connectivity index (χ1n) is 4.17. The van der Waals surface area contributed by atoms with E-state index in [-0.39, 0.29) is 24.2 Å². The first kappa shape index (κ1) is 10.2. The van der Waals surface area contributed by atoms with Gasteiger partial charge < -0.3 is 5.73 Å². The van der Waals surface area contributed by atoms with Crippen molar-refractivity contribution in [1.29, 1.82) is 0 Å². The van der Waals surface area contributed by atoms with Crippen molar-refractivity contribution in [3.8, 4) is 0 Å². The Hall–Kier alpha value is -0.860. The van der Waals surface area contributed by atoms with E-state index in [4.69, 9.17) is 5.73 Å². The van der Waals surface area contributed by atoms with Gasteiger partial charge in [-0.3, -0.25) is 4.79 Å². The normalized spacial score (nSPS) is 20.4. The largest absolute Gasteiger partial charge is 0.321 e. The molecule has 0 aromatic heterocycles. The molecule has 0 aliphatic heterocycles. The van der Waals surface area contributed by atoms with Crippen molar-refractivity contribution in [3.05, 3.63) is 35.4 Å². The summed E-state index contributed by atoms with van der Waals surface area (Å²) in [4.78, 5) is 11.5. The maximum absolute atomic E-state index is 11.5. The zero-order valence-corrected chi connectivity index (χ0v) is 8.01. The summed E-state index contributed by atoms with van der Waals surface area (Å²) in [5, 5.41) is 0. The van der Waals surface area contributed by atoms with E-state index < -0.39 is 0 Å². The second kappa shape index (κ2) is 3.90. The van der Waals surface area contributed by atoms with Gasteiger partial charge in [-0.1, -0.05) is 24.3 Å². The molecule has 1 unspecified atom stereocenters. The molecule has 2 N–H and O–H groups in total. The second-order valence-electron chi connectivity index (χ2n) is 3.17. The van der Waals surface area contributed by atoms with Gasteiger partial charge in [0.2, 0.25) is 0 Å². The van der Waals surface area contributed by atoms with Crippen LogP contribution >= 0.6 is 12.4 Å². The van der Waals surface area contributed by atoms with Gasteiger partial charge >= 0.3 is 0 Å². The van der Waals surface area contributed by atoms with E-state index in [1.54, 1.807) is 0 Å². The zero-order valence-electron chi connectivity index (χ0n) is 7.19. The Labute approximate surface area is 83.5 Å². The molecule has 2 nitrogen and oxygen atoms in total. The molecule has 1 aromatic rings. The number of hydrogen-bond acceptors (Lipinski definition) is 2. The summed E-state index contributed by atoms with van der Waals surface area (Å²) >= 11 is 0. The molecule has 1 aromatic carbocycles. The lowest BCUT2D eigenvalue weighted by Crippen LogP contribution is -2.34. The summed E-state index contributed by atoms with van der Waals surface area (Å²) in [5.41, 5.74) is 7.60. The topological polar surface area (TPSA) is 43.1 Å². The smallest absolute Gasteiger partial charge is 0.179 e. The highest BCUT2D eigenvalue weighted by molar-refractivity contribution is 6.02. The van der Waals surface area contributed by atoms with Crippen LogP contribution < -0.4 is 5.73 Å². The standard InChI is InChI=1S/C10H11NO.ClH/c11-9-6-5-7-3-1-2-4-8(7)10(9)12;/h1-4,9H,5-6,11H2;1H. The molecule has 0 heterocycles. The van der Waals surface area contributed by atoms with E-state index in [0.717, 1.165) is 24.0 Å². The molecule has 0 bridgehead atoms. The molecule has 0 saturated heterocycles. The highest BCUT2D eigenvalue weighted by atomic mass is 35.5. The van der Waals surface area contributed by atoms with Crippen LogP contribution in [0.4, 0.5) is 0 Å². The highest BCUT2D eigenvalue weighted by Crippen LogP contribution is 2.19. The highest BCUT2D eigenvalue weighted by Gasteiger charge is 2.23. The molecule has 1 aliphatic carbocycles. The maximum Gasteiger partial charge on any atom is 0.179 e. The molecule has 13 heavy (non-hydrogen) atoms. The number of rotatable bonds is 0. The van der Waals surface area contributed by atoms with Crippen LogP contribution in [0.25, 0.3) is 0 Å². The average Bonchev–Trinajstić information content (AvgIpc) is 2.12. The lowest BCUT2D eigenvalue weighted by molar-refractivity contribution is 0.0948. The number of benzene rings is 1. The number of hydrogen-bond donors (Lipinski definition) is 1. The molecule has 3 heteroatoms. The molecule has 1 aliphatic rings. The lowest BCUT2D eigenvalue weighted by atomic mass is 9.88. The van der Waals surface area contributed by atoms with Crippen LogP contribution in [0.5, 0.6) is 0 Å². The molecular formula is C10H12ClNO. The molecule has 0 saturated carbocycles. The molecular weight excluding hydrogens is 186 g/mol. The van der Waals surface area contributed by atoms with Crippen molar-refractivity contribution < 1.29 is 4.79 Å². The Kier molecular flexibility index (Phi) is 3.07. The molecule has 0 amide bonds. The van der Waals surface area contributed by atoms with E-state index in [9.17, 15) is 4.79 Å². The van der Waals surface area contributed by atoms with Crippen LogP contribution in [0.2, 0.25) is 0 Å². The molecule has 0 fully saturated rings. The van der Waals surface area contributed by atoms with Crippen molar-refractivity contribution in [2.45, 2.75) is 18.9 Å². The third-order valence-electron chi connectivity index (χ3n) is 2.34. The van der Waals surface area contributed by atoms with Gasteiger partial charge in [0.25, 0.3) is 0 Å². The van der Waals surface area contributed by atoms with Gasteiger partial charge in [-0.2, -0.15) is 0 Å². The lowest BCUT2D eigenvalue weighted by Gasteiger charge is -2.19. The number of nitrogens with two attached hydrogens (primary N) is 1. The zero-order chi connectivity index (χ0) is 8.55. The van der Waals surface area contributed by atoms with Crippen molar-refractivity contribution in [2.24, 2.45) is 5.73 Å². The Morgan fingerprint density at radius 1 is 1.31 bits per heavy atom. The fourth-order valence-electron chi connectivity index (χ4n) is 1.62. The molecule has 2 rings (SSSR count). The summed E-state index contributed by atoms with van der Waals surface area (Å²) < 4.78 is 0. The third-order valence-corrected chi connectivity index (χ3v) is 2.34. The number of carbonyl (C=O) groups excluding carboxylic acids is 1. The monoisotopic (exact) mass is 197 g/mol. The van der Waals surface area contributed by atoms with E-state index >= 15 is 0 Å². The number of halogens is 1. The van der Waals surface area contributed by atoms with Gasteiger partial charge in [0.05, 0.1) is 6.04 Å². The quantitative estimate of drug-likeness (QED) is 0.686. The van der Waals surface area contributed by atoms with Crippen LogP contribution in [0.3, 0.4) is 0 Å². The summed E-state index contributed by atoms with van der Waals surface area (Å²) in [6, 6.07) is 7.42. The van der Waals surface area contributed by atoms with Crippen molar-refractivity contribution in [2.75, 3.05) is 0 Å². The number of ketones is 1. The van der Waals surface area contributed by atoms with E-state index in [0.29, 0.717) is 0 Å². The fourth-order valence-corrected chi connectivity index (χ4v) is 1.62. The van der Waals surface area contributed by atoms with Gasteiger partial charge in [-0.25, -0.2) is 0 Å². The minimum Gasteiger partial charge on any atom is -0.321 e. The minimum atomic E-state index is -0.278. The average molecular weight is 198 g/mol. The SMILES string of the molecule is Cl.NC1CCc2ccccc2C1=O. The first-order chi connectivity index (χ1) is 5.79. The van der Waals surface area contributed by atoms with E-state index in [1.807, 2.05) is 24.3 Å². The van der Waals surface area contributed by atoms with E-state index in [2.05, 4.69) is 0 Å². The van der Waals surface area contributed by atoms with Crippen LogP contribution in [0, 0.1) is 0 Å². The van der Waals surface area contributed by atoms with Crippen LogP contribution in [-0.4, -0.2) is 11.8 Å². The summed E-state index contributed by atoms with van der Waals surface area (Å²) in [6.07, 6.45) is 1.72. The number of Topliss-reactive ketones (excluding diaryl/α,β-unsaturated/α-hetero) is 1. The van der Waals surface area contributed by atoms with Crippen molar-refractivity contribution >= 4 is 18.2 Å². The van der Waals surface area contributed by atoms with Gasteiger partial charge in [-0.05, 0) is 18.4 Å². The maximum atomic E-state index is 11.5. The minimum absolute atomic E-state index is 0. The van der Waals surface area contributed by atoms with Gasteiger partial charge in [-0.15, -0.1) is 12.4 Å². The van der Waals surface area contributed by atoms with Gasteiger partial charge in [0, 0.05) is 5.56 Å². The Bertz CT molecular complexity index is 324. The fraction of sp³-hybridized carbons (Fsp3) is 0.300. The Morgan fingerprint density at radius 2 is 2.00 bits per heavy atom. The Morgan fingerprint density at radius 3 is 2.77 bits per heavy atom. The van der Waals surface area contributed by atoms with E-state index in [1.165, 1.54) is 0 Å². The van der Waals surface area contributed by atoms with Crippen LogP contribution in [-0.2, 0) is 6.42 Å². The molecule has 0 spiro atoms. The molecule has 0 radical (unpaired) electrons. The summed E-state index contributed by atoms with van der Waals surface area (Å²) in [5.74, 6) is 0.0943. The Balaban J connectivity index is 0.000000845. The van der Waals surface area contributed by atoms with Gasteiger partial charge in [0.15, 0.2) is 5.78 Å². The predicted molar refractivity (Wildman–Crippen MR) is 54.3 cm³/mol. The summed E-state index contributed by atoms with van der Waals surface area (Å²) in [6.45, 7) is 0. The van der Waals surface area contributed by atoms with Crippen molar-refractivity contribution in [1.82, 2.24) is 0 Å². The molecule has 70 valence electrons. The van der Waals surface area contributed by atoms with Gasteiger partial charge in [0.1, 0.15) is 0 Å². The third kappa shape index (κ3) is 1.74. The number of aryl methyl sites for hydroxylation is 1.